The van der Waals surface area contributed by atoms with E-state index in [9.17, 15) is 4.39 Å². The largest absolute Gasteiger partial charge is 0.487 e. The maximum atomic E-state index is 13.4. The van der Waals surface area contributed by atoms with Crippen LogP contribution in [0.15, 0.2) is 18.2 Å². The number of hydrogen-bond donors (Lipinski definition) is 1. The highest BCUT2D eigenvalue weighted by Crippen LogP contribution is 2.29. The van der Waals surface area contributed by atoms with Gasteiger partial charge in [0.05, 0.1) is 6.10 Å². The van der Waals surface area contributed by atoms with E-state index < -0.39 is 0 Å². The van der Waals surface area contributed by atoms with E-state index in [-0.39, 0.29) is 18.0 Å². The average molecular weight is 195 g/mol. The second kappa shape index (κ2) is 3.58. The van der Waals surface area contributed by atoms with Crippen molar-refractivity contribution in [1.82, 2.24) is 0 Å². The molecule has 0 aliphatic heterocycles. The predicted molar refractivity (Wildman–Crippen MR) is 52.7 cm³/mol. The normalized spacial score (nSPS) is 17.9. The van der Waals surface area contributed by atoms with E-state index >= 15 is 0 Å². The lowest BCUT2D eigenvalue weighted by molar-refractivity contribution is 0.287. The van der Waals surface area contributed by atoms with Crippen molar-refractivity contribution in [2.45, 2.75) is 31.9 Å². The molecular formula is C11H14FNO. The lowest BCUT2D eigenvalue weighted by atomic mass is 10.1. The van der Waals surface area contributed by atoms with E-state index in [0.717, 1.165) is 18.4 Å². The van der Waals surface area contributed by atoms with Gasteiger partial charge >= 0.3 is 0 Å². The number of benzene rings is 1. The number of hydrogen-bond acceptors (Lipinski definition) is 2. The number of rotatable bonds is 3. The van der Waals surface area contributed by atoms with Crippen LogP contribution in [0.2, 0.25) is 0 Å². The molecule has 2 N–H and O–H groups in total. The second-order valence-corrected chi connectivity index (χ2v) is 3.80. The molecular weight excluding hydrogens is 181 g/mol. The van der Waals surface area contributed by atoms with Crippen LogP contribution in [0.25, 0.3) is 0 Å². The van der Waals surface area contributed by atoms with Crippen LogP contribution in [0.3, 0.4) is 0 Å². The molecule has 1 aliphatic rings. The fourth-order valence-corrected chi connectivity index (χ4v) is 1.26. The van der Waals surface area contributed by atoms with Gasteiger partial charge in [0, 0.05) is 6.04 Å². The molecule has 3 heteroatoms. The Balaban J connectivity index is 2.17. The Morgan fingerprint density at radius 3 is 2.71 bits per heavy atom. The fourth-order valence-electron chi connectivity index (χ4n) is 1.26. The molecule has 0 unspecified atom stereocenters. The molecule has 0 saturated heterocycles. The Morgan fingerprint density at radius 1 is 1.50 bits per heavy atom. The van der Waals surface area contributed by atoms with Gasteiger partial charge in [0.2, 0.25) is 0 Å². The summed E-state index contributed by atoms with van der Waals surface area (Å²) < 4.78 is 18.8. The van der Waals surface area contributed by atoms with Gasteiger partial charge < -0.3 is 10.5 Å². The third-order valence-electron chi connectivity index (χ3n) is 2.30. The van der Waals surface area contributed by atoms with Gasteiger partial charge in [-0.3, -0.25) is 0 Å². The summed E-state index contributed by atoms with van der Waals surface area (Å²) in [5, 5.41) is 0. The Hall–Kier alpha value is -1.09. The molecule has 0 aromatic heterocycles. The summed E-state index contributed by atoms with van der Waals surface area (Å²) in [5.74, 6) is 0.0311. The van der Waals surface area contributed by atoms with Crippen LogP contribution in [-0.4, -0.2) is 6.10 Å². The highest BCUT2D eigenvalue weighted by atomic mass is 19.1. The van der Waals surface area contributed by atoms with Gasteiger partial charge in [0.25, 0.3) is 0 Å². The molecule has 2 nitrogen and oxygen atoms in total. The van der Waals surface area contributed by atoms with Gasteiger partial charge in [-0.25, -0.2) is 4.39 Å². The number of halogens is 1. The Kier molecular flexibility index (Phi) is 2.42. The minimum atomic E-state index is -0.313. The zero-order valence-corrected chi connectivity index (χ0v) is 8.16. The Morgan fingerprint density at radius 2 is 2.21 bits per heavy atom. The molecule has 0 spiro atoms. The molecule has 76 valence electrons. The van der Waals surface area contributed by atoms with Gasteiger partial charge in [-0.1, -0.05) is 6.07 Å². The first kappa shape index (κ1) is 9.46. The topological polar surface area (TPSA) is 35.2 Å². The maximum Gasteiger partial charge on any atom is 0.165 e. The van der Waals surface area contributed by atoms with Crippen LogP contribution in [0, 0.1) is 5.82 Å². The molecule has 2 rings (SSSR count). The van der Waals surface area contributed by atoms with Crippen LogP contribution >= 0.6 is 0 Å². The van der Waals surface area contributed by atoms with Crippen molar-refractivity contribution in [3.63, 3.8) is 0 Å². The van der Waals surface area contributed by atoms with Crippen molar-refractivity contribution in [2.75, 3.05) is 0 Å². The van der Waals surface area contributed by atoms with Crippen LogP contribution in [0.4, 0.5) is 4.39 Å². The van der Waals surface area contributed by atoms with E-state index in [0.29, 0.717) is 5.75 Å². The fraction of sp³-hybridized carbons (Fsp3) is 0.455. The first-order valence-electron chi connectivity index (χ1n) is 4.88. The van der Waals surface area contributed by atoms with Gasteiger partial charge in [-0.2, -0.15) is 0 Å². The van der Waals surface area contributed by atoms with Crippen molar-refractivity contribution in [3.8, 4) is 5.75 Å². The summed E-state index contributed by atoms with van der Waals surface area (Å²) >= 11 is 0. The number of ether oxygens (including phenoxy) is 1. The van der Waals surface area contributed by atoms with E-state index in [1.807, 2.05) is 13.0 Å². The summed E-state index contributed by atoms with van der Waals surface area (Å²) in [5.41, 5.74) is 6.44. The second-order valence-electron chi connectivity index (χ2n) is 3.80. The van der Waals surface area contributed by atoms with Crippen LogP contribution in [-0.2, 0) is 0 Å². The minimum absolute atomic E-state index is 0.139. The van der Waals surface area contributed by atoms with Crippen molar-refractivity contribution >= 4 is 0 Å². The molecule has 1 aromatic rings. The zero-order valence-electron chi connectivity index (χ0n) is 8.16. The molecule has 1 atom stereocenters. The molecule has 0 radical (unpaired) electrons. The van der Waals surface area contributed by atoms with E-state index in [1.54, 1.807) is 6.07 Å². The molecule has 0 amide bonds. The molecule has 1 aliphatic carbocycles. The minimum Gasteiger partial charge on any atom is -0.487 e. The monoisotopic (exact) mass is 195 g/mol. The smallest absolute Gasteiger partial charge is 0.165 e. The van der Waals surface area contributed by atoms with Gasteiger partial charge in [0.1, 0.15) is 0 Å². The standard InChI is InChI=1S/C11H14FNO/c1-7(13)8-2-5-11(10(12)6-8)14-9-3-4-9/h2,5-7,9H,3-4,13H2,1H3/t7-/m0/s1. The third-order valence-corrected chi connectivity index (χ3v) is 2.30. The molecule has 1 aromatic carbocycles. The number of nitrogens with two attached hydrogens (primary N) is 1. The highest BCUT2D eigenvalue weighted by Gasteiger charge is 2.24. The molecule has 0 bridgehead atoms. The zero-order chi connectivity index (χ0) is 10.1. The summed E-state index contributed by atoms with van der Waals surface area (Å²) in [4.78, 5) is 0. The predicted octanol–water partition coefficient (Wildman–Crippen LogP) is 2.39. The Bertz CT molecular complexity index is 334. The molecule has 1 saturated carbocycles. The van der Waals surface area contributed by atoms with Gasteiger partial charge in [-0.05, 0) is 37.5 Å². The molecule has 14 heavy (non-hydrogen) atoms. The van der Waals surface area contributed by atoms with Crippen LogP contribution < -0.4 is 10.5 Å². The van der Waals surface area contributed by atoms with Crippen molar-refractivity contribution in [3.05, 3.63) is 29.6 Å². The van der Waals surface area contributed by atoms with E-state index in [2.05, 4.69) is 0 Å². The summed E-state index contributed by atoms with van der Waals surface area (Å²) in [6.07, 6.45) is 2.30. The quantitative estimate of drug-likeness (QED) is 0.803. The van der Waals surface area contributed by atoms with Crippen molar-refractivity contribution in [1.29, 1.82) is 0 Å². The van der Waals surface area contributed by atoms with Gasteiger partial charge in [-0.15, -0.1) is 0 Å². The van der Waals surface area contributed by atoms with Gasteiger partial charge in [0.15, 0.2) is 11.6 Å². The lowest BCUT2D eigenvalue weighted by Crippen LogP contribution is -2.06. The average Bonchev–Trinajstić information content (AvgIpc) is 2.92. The van der Waals surface area contributed by atoms with Crippen LogP contribution in [0.1, 0.15) is 31.4 Å². The van der Waals surface area contributed by atoms with E-state index in [4.69, 9.17) is 10.5 Å². The van der Waals surface area contributed by atoms with Crippen molar-refractivity contribution < 1.29 is 9.13 Å². The summed E-state index contributed by atoms with van der Waals surface area (Å²) in [7, 11) is 0. The highest BCUT2D eigenvalue weighted by molar-refractivity contribution is 5.31. The maximum absolute atomic E-state index is 13.4. The third kappa shape index (κ3) is 2.04. The van der Waals surface area contributed by atoms with Crippen molar-refractivity contribution in [2.24, 2.45) is 5.73 Å². The summed E-state index contributed by atoms with van der Waals surface area (Å²) in [6.45, 7) is 1.83. The Labute approximate surface area is 82.9 Å². The van der Waals surface area contributed by atoms with Crippen LogP contribution in [0.5, 0.6) is 5.75 Å². The lowest BCUT2D eigenvalue weighted by Gasteiger charge is -2.09. The molecule has 1 fully saturated rings. The first-order chi connectivity index (χ1) is 6.66. The SMILES string of the molecule is C[C@H](N)c1ccc(OC2CC2)c(F)c1. The van der Waals surface area contributed by atoms with E-state index in [1.165, 1.54) is 6.07 Å². The first-order valence-corrected chi connectivity index (χ1v) is 4.88. The molecule has 0 heterocycles. The summed E-state index contributed by atoms with van der Waals surface area (Å²) in [6, 6.07) is 4.78.